The number of benzene rings is 1. The SMILES string of the molecule is CCOC(=O)c1nn(COCc2ccccc2)cc1N. The summed E-state index contributed by atoms with van der Waals surface area (Å²) in [6.45, 7) is 2.71. The first-order valence-corrected chi connectivity index (χ1v) is 6.32. The molecule has 0 bridgehead atoms. The van der Waals surface area contributed by atoms with Gasteiger partial charge in [-0.15, -0.1) is 0 Å². The van der Waals surface area contributed by atoms with Gasteiger partial charge in [-0.3, -0.25) is 0 Å². The average Bonchev–Trinajstić information content (AvgIpc) is 2.81. The van der Waals surface area contributed by atoms with E-state index >= 15 is 0 Å². The highest BCUT2D eigenvalue weighted by Gasteiger charge is 2.15. The summed E-state index contributed by atoms with van der Waals surface area (Å²) in [5.41, 5.74) is 7.19. The highest BCUT2D eigenvalue weighted by molar-refractivity contribution is 5.92. The van der Waals surface area contributed by atoms with Crippen molar-refractivity contribution in [3.05, 3.63) is 47.8 Å². The fraction of sp³-hybridized carbons (Fsp3) is 0.286. The number of aromatic nitrogens is 2. The molecule has 2 aromatic rings. The van der Waals surface area contributed by atoms with Crippen molar-refractivity contribution in [2.75, 3.05) is 12.3 Å². The van der Waals surface area contributed by atoms with Gasteiger partial charge < -0.3 is 15.2 Å². The van der Waals surface area contributed by atoms with Crippen LogP contribution in [-0.2, 0) is 22.8 Å². The van der Waals surface area contributed by atoms with Crippen molar-refractivity contribution < 1.29 is 14.3 Å². The maximum Gasteiger partial charge on any atom is 0.361 e. The second-order valence-electron chi connectivity index (χ2n) is 4.16. The van der Waals surface area contributed by atoms with E-state index in [0.29, 0.717) is 6.61 Å². The number of anilines is 1. The second-order valence-corrected chi connectivity index (χ2v) is 4.16. The quantitative estimate of drug-likeness (QED) is 0.813. The Morgan fingerprint density at radius 1 is 1.35 bits per heavy atom. The molecule has 2 rings (SSSR count). The third-order valence-electron chi connectivity index (χ3n) is 2.59. The summed E-state index contributed by atoms with van der Waals surface area (Å²) < 4.78 is 11.8. The third-order valence-corrected chi connectivity index (χ3v) is 2.59. The van der Waals surface area contributed by atoms with Gasteiger partial charge >= 0.3 is 5.97 Å². The maximum absolute atomic E-state index is 11.6. The largest absolute Gasteiger partial charge is 0.461 e. The fourth-order valence-corrected chi connectivity index (χ4v) is 1.69. The molecular weight excluding hydrogens is 258 g/mol. The monoisotopic (exact) mass is 275 g/mol. The molecule has 1 aromatic carbocycles. The van der Waals surface area contributed by atoms with Crippen LogP contribution < -0.4 is 5.73 Å². The number of ether oxygens (including phenoxy) is 2. The van der Waals surface area contributed by atoms with E-state index in [4.69, 9.17) is 15.2 Å². The van der Waals surface area contributed by atoms with Crippen molar-refractivity contribution in [2.24, 2.45) is 0 Å². The second kappa shape index (κ2) is 6.72. The molecule has 0 unspecified atom stereocenters. The summed E-state index contributed by atoms with van der Waals surface area (Å²) in [5.74, 6) is -0.521. The summed E-state index contributed by atoms with van der Waals surface area (Å²) in [5, 5.41) is 4.05. The number of carbonyl (C=O) groups is 1. The van der Waals surface area contributed by atoms with Gasteiger partial charge in [0.1, 0.15) is 6.73 Å². The minimum Gasteiger partial charge on any atom is -0.461 e. The molecule has 6 nitrogen and oxygen atoms in total. The van der Waals surface area contributed by atoms with Crippen LogP contribution in [0.15, 0.2) is 36.5 Å². The van der Waals surface area contributed by atoms with Gasteiger partial charge in [0.15, 0.2) is 5.69 Å². The van der Waals surface area contributed by atoms with E-state index in [-0.39, 0.29) is 24.7 Å². The summed E-state index contributed by atoms with van der Waals surface area (Å²) in [7, 11) is 0. The van der Waals surface area contributed by atoms with Gasteiger partial charge in [-0.05, 0) is 12.5 Å². The van der Waals surface area contributed by atoms with Crippen molar-refractivity contribution in [3.8, 4) is 0 Å². The van der Waals surface area contributed by atoms with E-state index in [1.54, 1.807) is 13.1 Å². The average molecular weight is 275 g/mol. The molecule has 2 N–H and O–H groups in total. The summed E-state index contributed by atoms with van der Waals surface area (Å²) >= 11 is 0. The number of hydrogen-bond donors (Lipinski definition) is 1. The standard InChI is InChI=1S/C14H17N3O3/c1-2-20-14(18)13-12(15)8-17(16-13)10-19-9-11-6-4-3-5-7-11/h3-8H,2,9-10,15H2,1H3. The Morgan fingerprint density at radius 2 is 2.10 bits per heavy atom. The number of nitrogens with zero attached hydrogens (tertiary/aromatic N) is 2. The molecule has 20 heavy (non-hydrogen) atoms. The van der Waals surface area contributed by atoms with E-state index in [0.717, 1.165) is 5.56 Å². The van der Waals surface area contributed by atoms with Crippen LogP contribution in [-0.4, -0.2) is 22.4 Å². The van der Waals surface area contributed by atoms with E-state index < -0.39 is 5.97 Å². The lowest BCUT2D eigenvalue weighted by Crippen LogP contribution is -2.09. The number of carbonyl (C=O) groups excluding carboxylic acids is 1. The normalized spacial score (nSPS) is 10.4. The molecule has 0 saturated carbocycles. The fourth-order valence-electron chi connectivity index (χ4n) is 1.69. The Hall–Kier alpha value is -2.34. The first-order chi connectivity index (χ1) is 9.70. The molecule has 1 aromatic heterocycles. The lowest BCUT2D eigenvalue weighted by Gasteiger charge is -2.04. The number of nitrogen functional groups attached to an aromatic ring is 1. The van der Waals surface area contributed by atoms with Crippen LogP contribution in [0.25, 0.3) is 0 Å². The molecule has 0 saturated heterocycles. The van der Waals surface area contributed by atoms with Gasteiger partial charge in [-0.25, -0.2) is 9.48 Å². The smallest absolute Gasteiger partial charge is 0.361 e. The van der Waals surface area contributed by atoms with Crippen LogP contribution in [0.2, 0.25) is 0 Å². The number of hydrogen-bond acceptors (Lipinski definition) is 5. The van der Waals surface area contributed by atoms with Gasteiger partial charge in [0.25, 0.3) is 0 Å². The zero-order chi connectivity index (χ0) is 14.4. The third kappa shape index (κ3) is 3.58. The molecule has 0 aliphatic heterocycles. The van der Waals surface area contributed by atoms with Gasteiger partial charge in [-0.1, -0.05) is 30.3 Å². The predicted molar refractivity (Wildman–Crippen MR) is 73.8 cm³/mol. The molecule has 0 aliphatic carbocycles. The van der Waals surface area contributed by atoms with Crippen LogP contribution in [0, 0.1) is 0 Å². The lowest BCUT2D eigenvalue weighted by molar-refractivity contribution is 0.0488. The zero-order valence-electron chi connectivity index (χ0n) is 11.3. The Morgan fingerprint density at radius 3 is 2.80 bits per heavy atom. The molecule has 0 atom stereocenters. The van der Waals surface area contributed by atoms with Crippen molar-refractivity contribution >= 4 is 11.7 Å². The minimum absolute atomic E-state index is 0.121. The molecule has 1 heterocycles. The lowest BCUT2D eigenvalue weighted by atomic mass is 10.2. The molecular formula is C14H17N3O3. The first-order valence-electron chi connectivity index (χ1n) is 6.32. The van der Waals surface area contributed by atoms with Crippen LogP contribution in [0.1, 0.15) is 23.0 Å². The van der Waals surface area contributed by atoms with Gasteiger partial charge in [0.05, 0.1) is 25.1 Å². The Kier molecular flexibility index (Phi) is 4.73. The molecule has 0 radical (unpaired) electrons. The molecule has 0 amide bonds. The van der Waals surface area contributed by atoms with E-state index in [9.17, 15) is 4.79 Å². The van der Waals surface area contributed by atoms with E-state index in [1.165, 1.54) is 4.68 Å². The summed E-state index contributed by atoms with van der Waals surface area (Å²) in [6, 6.07) is 9.79. The predicted octanol–water partition coefficient (Wildman–Crippen LogP) is 1.82. The van der Waals surface area contributed by atoms with E-state index in [2.05, 4.69) is 5.10 Å². The Labute approximate surface area is 117 Å². The molecule has 0 aliphatic rings. The van der Waals surface area contributed by atoms with Crippen molar-refractivity contribution in [1.82, 2.24) is 9.78 Å². The first kappa shape index (κ1) is 14.1. The zero-order valence-corrected chi connectivity index (χ0v) is 11.3. The van der Waals surface area contributed by atoms with Crippen LogP contribution in [0.3, 0.4) is 0 Å². The highest BCUT2D eigenvalue weighted by Crippen LogP contribution is 2.11. The van der Waals surface area contributed by atoms with Crippen molar-refractivity contribution in [3.63, 3.8) is 0 Å². The van der Waals surface area contributed by atoms with Crippen molar-refractivity contribution in [1.29, 1.82) is 0 Å². The van der Waals surface area contributed by atoms with Crippen molar-refractivity contribution in [2.45, 2.75) is 20.3 Å². The minimum atomic E-state index is -0.521. The molecule has 6 heteroatoms. The molecule has 106 valence electrons. The molecule has 0 spiro atoms. The summed E-state index contributed by atoms with van der Waals surface area (Å²) in [6.07, 6.45) is 1.55. The number of esters is 1. The number of nitrogens with two attached hydrogens (primary N) is 1. The van der Waals surface area contributed by atoms with Crippen LogP contribution in [0.5, 0.6) is 0 Å². The van der Waals surface area contributed by atoms with Gasteiger partial charge in [0, 0.05) is 0 Å². The van der Waals surface area contributed by atoms with Gasteiger partial charge in [0.2, 0.25) is 0 Å². The molecule has 0 fully saturated rings. The highest BCUT2D eigenvalue weighted by atomic mass is 16.5. The Balaban J connectivity index is 1.91. The van der Waals surface area contributed by atoms with Gasteiger partial charge in [-0.2, -0.15) is 5.10 Å². The van der Waals surface area contributed by atoms with E-state index in [1.807, 2.05) is 30.3 Å². The van der Waals surface area contributed by atoms with Crippen LogP contribution >= 0.6 is 0 Å². The maximum atomic E-state index is 11.6. The topological polar surface area (TPSA) is 79.4 Å². The van der Waals surface area contributed by atoms with Crippen LogP contribution in [0.4, 0.5) is 5.69 Å². The summed E-state index contributed by atoms with van der Waals surface area (Å²) in [4.78, 5) is 11.6. The Bertz CT molecular complexity index is 566. The number of rotatable bonds is 6.